The van der Waals surface area contributed by atoms with Gasteiger partial charge in [0.05, 0.1) is 6.04 Å². The molecule has 1 atom stereocenters. The van der Waals surface area contributed by atoms with Crippen molar-refractivity contribution in [1.82, 2.24) is 0 Å². The van der Waals surface area contributed by atoms with E-state index in [1.165, 1.54) is 4.70 Å². The van der Waals surface area contributed by atoms with Gasteiger partial charge in [0.15, 0.2) is 5.22 Å². The van der Waals surface area contributed by atoms with Gasteiger partial charge in [-0.25, -0.2) is 0 Å². The second-order valence-corrected chi connectivity index (χ2v) is 6.03. The Morgan fingerprint density at radius 1 is 1.28 bits per heavy atom. The molecule has 0 spiro atoms. The van der Waals surface area contributed by atoms with Crippen LogP contribution in [0, 0.1) is 0 Å². The molecule has 5 heteroatoms. The van der Waals surface area contributed by atoms with E-state index in [1.807, 2.05) is 18.2 Å². The maximum Gasteiger partial charge on any atom is 0.193 e. The first-order chi connectivity index (χ1) is 8.66. The molecule has 2 heterocycles. The Morgan fingerprint density at radius 3 is 2.83 bits per heavy atom. The van der Waals surface area contributed by atoms with Crippen LogP contribution >= 0.6 is 38.9 Å². The predicted octanol–water partition coefficient (Wildman–Crippen LogP) is 4.96. The van der Waals surface area contributed by atoms with Gasteiger partial charge in [-0.15, -0.1) is 11.3 Å². The van der Waals surface area contributed by atoms with Crippen LogP contribution in [0.4, 0.5) is 0 Å². The zero-order valence-corrected chi connectivity index (χ0v) is 12.3. The van der Waals surface area contributed by atoms with E-state index in [0.29, 0.717) is 11.0 Å². The zero-order chi connectivity index (χ0) is 12.7. The maximum atomic E-state index is 6.23. The molecule has 1 unspecified atom stereocenters. The van der Waals surface area contributed by atoms with Crippen LogP contribution < -0.4 is 5.73 Å². The number of furan rings is 1. The van der Waals surface area contributed by atoms with Crippen molar-refractivity contribution in [3.05, 3.63) is 56.7 Å². The highest BCUT2D eigenvalue weighted by Crippen LogP contribution is 2.36. The van der Waals surface area contributed by atoms with Gasteiger partial charge in [-0.3, -0.25) is 0 Å². The van der Waals surface area contributed by atoms with Crippen LogP contribution in [0.3, 0.4) is 0 Å². The molecule has 0 bridgehead atoms. The first-order valence-electron chi connectivity index (χ1n) is 5.33. The van der Waals surface area contributed by atoms with Crippen LogP contribution in [0.5, 0.6) is 0 Å². The van der Waals surface area contributed by atoms with Crippen LogP contribution in [0.25, 0.3) is 10.1 Å². The van der Waals surface area contributed by atoms with Crippen molar-refractivity contribution < 1.29 is 4.42 Å². The molecule has 2 aromatic heterocycles. The van der Waals surface area contributed by atoms with Gasteiger partial charge in [0.1, 0.15) is 5.76 Å². The summed E-state index contributed by atoms with van der Waals surface area (Å²) in [7, 11) is 0. The minimum Gasteiger partial charge on any atom is -0.448 e. The fraction of sp³-hybridized carbons (Fsp3) is 0.0769. The normalized spacial score (nSPS) is 13.1. The molecule has 0 saturated carbocycles. The third-order valence-corrected chi connectivity index (χ3v) is 4.99. The van der Waals surface area contributed by atoms with Crippen molar-refractivity contribution in [3.63, 3.8) is 0 Å². The Labute approximate surface area is 121 Å². The van der Waals surface area contributed by atoms with Gasteiger partial charge in [-0.05, 0) is 62.1 Å². The Kier molecular flexibility index (Phi) is 3.20. The maximum absolute atomic E-state index is 6.23. The van der Waals surface area contributed by atoms with Gasteiger partial charge in [0.25, 0.3) is 0 Å². The molecule has 3 aromatic rings. The van der Waals surface area contributed by atoms with Gasteiger partial charge in [0, 0.05) is 9.17 Å². The van der Waals surface area contributed by atoms with Crippen molar-refractivity contribution in [2.45, 2.75) is 6.04 Å². The van der Waals surface area contributed by atoms with Crippen LogP contribution in [-0.4, -0.2) is 0 Å². The summed E-state index contributed by atoms with van der Waals surface area (Å²) in [5.41, 5.74) is 7.29. The lowest BCUT2D eigenvalue weighted by Gasteiger charge is -2.07. The smallest absolute Gasteiger partial charge is 0.193 e. The van der Waals surface area contributed by atoms with E-state index in [-0.39, 0.29) is 6.04 Å². The average Bonchev–Trinajstić information content (AvgIpc) is 2.95. The average molecular weight is 343 g/mol. The molecule has 0 amide bonds. The van der Waals surface area contributed by atoms with E-state index in [1.54, 1.807) is 17.4 Å². The summed E-state index contributed by atoms with van der Waals surface area (Å²) in [5, 5.41) is 3.58. The van der Waals surface area contributed by atoms with Crippen LogP contribution in [0.2, 0.25) is 5.22 Å². The molecule has 0 aliphatic rings. The number of hydrogen-bond acceptors (Lipinski definition) is 3. The third-order valence-electron chi connectivity index (χ3n) is 2.82. The Balaban J connectivity index is 2.12. The van der Waals surface area contributed by atoms with E-state index in [0.717, 1.165) is 15.4 Å². The van der Waals surface area contributed by atoms with Crippen molar-refractivity contribution in [2.24, 2.45) is 5.73 Å². The summed E-state index contributed by atoms with van der Waals surface area (Å²) >= 11 is 11.0. The highest BCUT2D eigenvalue weighted by molar-refractivity contribution is 9.10. The predicted molar refractivity (Wildman–Crippen MR) is 79.3 cm³/mol. The molecule has 1 aromatic carbocycles. The van der Waals surface area contributed by atoms with E-state index < -0.39 is 0 Å². The van der Waals surface area contributed by atoms with Crippen molar-refractivity contribution in [1.29, 1.82) is 0 Å². The molecule has 0 aliphatic heterocycles. The monoisotopic (exact) mass is 341 g/mol. The van der Waals surface area contributed by atoms with Crippen molar-refractivity contribution in [3.8, 4) is 0 Å². The van der Waals surface area contributed by atoms with E-state index in [2.05, 4.69) is 27.4 Å². The molecule has 0 fully saturated rings. The van der Waals surface area contributed by atoms with Crippen molar-refractivity contribution in [2.75, 3.05) is 0 Å². The fourth-order valence-corrected chi connectivity index (χ4v) is 3.74. The Hall–Kier alpha value is -0.810. The summed E-state index contributed by atoms with van der Waals surface area (Å²) < 4.78 is 7.66. The molecule has 2 N–H and O–H groups in total. The number of benzene rings is 1. The Bertz CT molecular complexity index is 706. The molecule has 92 valence electrons. The molecule has 0 saturated heterocycles. The minimum absolute atomic E-state index is 0.291. The molecule has 0 radical (unpaired) electrons. The van der Waals surface area contributed by atoms with Gasteiger partial charge >= 0.3 is 0 Å². The molecule has 3 rings (SSSR count). The standard InChI is InChI=1S/C13H9BrClNOS/c14-9-3-1-2-7-8(6-18-13(7)9)12(16)10-4-5-11(15)17-10/h1-6,12H,16H2. The first kappa shape index (κ1) is 12.2. The number of thiophene rings is 1. The quantitative estimate of drug-likeness (QED) is 0.715. The fourth-order valence-electron chi connectivity index (χ4n) is 1.93. The molecule has 0 aliphatic carbocycles. The first-order valence-corrected chi connectivity index (χ1v) is 7.38. The number of rotatable bonds is 2. The summed E-state index contributed by atoms with van der Waals surface area (Å²) in [6.45, 7) is 0. The van der Waals surface area contributed by atoms with Crippen LogP contribution in [0.1, 0.15) is 17.4 Å². The number of halogens is 2. The van der Waals surface area contributed by atoms with Crippen molar-refractivity contribution >= 4 is 49.0 Å². The lowest BCUT2D eigenvalue weighted by molar-refractivity contribution is 0.492. The van der Waals surface area contributed by atoms with E-state index >= 15 is 0 Å². The summed E-state index contributed by atoms with van der Waals surface area (Å²) in [6.07, 6.45) is 0. The minimum atomic E-state index is -0.291. The number of nitrogens with two attached hydrogens (primary N) is 1. The summed E-state index contributed by atoms with van der Waals surface area (Å²) in [5.74, 6) is 0.680. The highest BCUT2D eigenvalue weighted by Gasteiger charge is 2.17. The molecule has 2 nitrogen and oxygen atoms in total. The summed E-state index contributed by atoms with van der Waals surface area (Å²) in [6, 6.07) is 9.33. The topological polar surface area (TPSA) is 39.2 Å². The SMILES string of the molecule is NC(c1ccc(Cl)o1)c1csc2c(Br)cccc12. The highest BCUT2D eigenvalue weighted by atomic mass is 79.9. The number of hydrogen-bond donors (Lipinski definition) is 1. The van der Waals surface area contributed by atoms with E-state index in [4.69, 9.17) is 21.8 Å². The lowest BCUT2D eigenvalue weighted by atomic mass is 10.0. The zero-order valence-electron chi connectivity index (χ0n) is 9.19. The summed E-state index contributed by atoms with van der Waals surface area (Å²) in [4.78, 5) is 0. The van der Waals surface area contributed by atoms with Gasteiger partial charge < -0.3 is 10.2 Å². The second-order valence-electron chi connectivity index (χ2n) is 3.93. The van der Waals surface area contributed by atoms with Gasteiger partial charge in [-0.2, -0.15) is 0 Å². The third kappa shape index (κ3) is 1.99. The van der Waals surface area contributed by atoms with Crippen LogP contribution in [-0.2, 0) is 0 Å². The second kappa shape index (κ2) is 4.70. The molecule has 18 heavy (non-hydrogen) atoms. The molecular formula is C13H9BrClNOS. The van der Waals surface area contributed by atoms with E-state index in [9.17, 15) is 0 Å². The van der Waals surface area contributed by atoms with Gasteiger partial charge in [-0.1, -0.05) is 12.1 Å². The van der Waals surface area contributed by atoms with Crippen LogP contribution in [0.15, 0.2) is 44.6 Å². The lowest BCUT2D eigenvalue weighted by Crippen LogP contribution is -2.10. The van der Waals surface area contributed by atoms with Gasteiger partial charge in [0.2, 0.25) is 0 Å². The largest absolute Gasteiger partial charge is 0.448 e. The molecular weight excluding hydrogens is 334 g/mol. The number of fused-ring (bicyclic) bond motifs is 1. The Morgan fingerprint density at radius 2 is 2.11 bits per heavy atom.